The van der Waals surface area contributed by atoms with Gasteiger partial charge in [-0.15, -0.1) is 11.3 Å². The number of hydrogen-bond donors (Lipinski definition) is 3. The van der Waals surface area contributed by atoms with Gasteiger partial charge in [-0.25, -0.2) is 4.98 Å². The van der Waals surface area contributed by atoms with Crippen LogP contribution in [-0.2, 0) is 0 Å². The lowest BCUT2D eigenvalue weighted by molar-refractivity contribution is 0.264. The lowest BCUT2D eigenvalue weighted by Gasteiger charge is -2.02. The van der Waals surface area contributed by atoms with Gasteiger partial charge in [0.1, 0.15) is 5.82 Å². The van der Waals surface area contributed by atoms with Gasteiger partial charge in [-0.2, -0.15) is 0 Å². The Morgan fingerprint density at radius 2 is 2.50 bits per heavy atom. The summed E-state index contributed by atoms with van der Waals surface area (Å²) in [6.07, 6.45) is 1.73. The highest BCUT2D eigenvalue weighted by Gasteiger charge is 2.09. The fraction of sp³-hybridized carbons (Fsp3) is 0.222. The quantitative estimate of drug-likeness (QED) is 0.709. The van der Waals surface area contributed by atoms with Crippen molar-refractivity contribution in [1.29, 1.82) is 0 Å². The van der Waals surface area contributed by atoms with Crippen LogP contribution in [0.25, 0.3) is 10.6 Å². The van der Waals surface area contributed by atoms with Crippen LogP contribution < -0.4 is 5.73 Å². The molecule has 14 heavy (non-hydrogen) atoms. The average molecular weight is 209 g/mol. The summed E-state index contributed by atoms with van der Waals surface area (Å²) in [5, 5.41) is 10.8. The van der Waals surface area contributed by atoms with Crippen molar-refractivity contribution >= 4 is 11.3 Å². The summed E-state index contributed by atoms with van der Waals surface area (Å²) >= 11 is 1.63. The first-order valence-electron chi connectivity index (χ1n) is 4.26. The molecule has 0 radical (unpaired) electrons. The maximum atomic E-state index is 8.85. The molecular formula is C9H11N3OS. The number of aromatic nitrogens is 2. The Morgan fingerprint density at radius 3 is 3.14 bits per heavy atom. The van der Waals surface area contributed by atoms with Crippen LogP contribution in [0.1, 0.15) is 11.9 Å². The van der Waals surface area contributed by atoms with Gasteiger partial charge in [-0.05, 0) is 11.4 Å². The smallest absolute Gasteiger partial charge is 0.125 e. The molecule has 0 spiro atoms. The predicted octanol–water partition coefficient (Wildman–Crippen LogP) is 1.13. The van der Waals surface area contributed by atoms with E-state index < -0.39 is 6.04 Å². The number of imidazole rings is 1. The van der Waals surface area contributed by atoms with Crippen LogP contribution in [0.3, 0.4) is 0 Å². The Hall–Kier alpha value is -1.17. The Bertz CT molecular complexity index is 396. The molecule has 0 aliphatic rings. The number of thiophene rings is 1. The second-order valence-electron chi connectivity index (χ2n) is 2.95. The van der Waals surface area contributed by atoms with Crippen molar-refractivity contribution in [3.05, 3.63) is 29.5 Å². The molecule has 2 heterocycles. The Labute approximate surface area is 85.4 Å². The zero-order valence-corrected chi connectivity index (χ0v) is 8.29. The van der Waals surface area contributed by atoms with Gasteiger partial charge in [0.2, 0.25) is 0 Å². The molecule has 0 aliphatic heterocycles. The summed E-state index contributed by atoms with van der Waals surface area (Å²) < 4.78 is 0. The molecule has 0 saturated heterocycles. The Balaban J connectivity index is 2.26. The first kappa shape index (κ1) is 9.39. The van der Waals surface area contributed by atoms with Crippen molar-refractivity contribution in [3.63, 3.8) is 0 Å². The fourth-order valence-electron chi connectivity index (χ4n) is 1.17. The SMILES string of the molecule is NC(CO)c1ncc(-c2cccs2)[nH]1. The number of aromatic amines is 1. The van der Waals surface area contributed by atoms with E-state index in [4.69, 9.17) is 10.8 Å². The monoisotopic (exact) mass is 209 g/mol. The Kier molecular flexibility index (Phi) is 2.62. The minimum atomic E-state index is -0.427. The lowest BCUT2D eigenvalue weighted by Crippen LogP contribution is -2.15. The van der Waals surface area contributed by atoms with Crippen molar-refractivity contribution in [2.24, 2.45) is 5.73 Å². The van der Waals surface area contributed by atoms with Crippen molar-refractivity contribution in [3.8, 4) is 10.6 Å². The molecule has 2 aromatic rings. The molecule has 5 heteroatoms. The van der Waals surface area contributed by atoms with Gasteiger partial charge in [-0.3, -0.25) is 0 Å². The van der Waals surface area contributed by atoms with E-state index in [-0.39, 0.29) is 6.61 Å². The van der Waals surface area contributed by atoms with E-state index in [0.29, 0.717) is 5.82 Å². The molecular weight excluding hydrogens is 198 g/mol. The first-order valence-corrected chi connectivity index (χ1v) is 5.14. The molecule has 0 saturated carbocycles. The van der Waals surface area contributed by atoms with Crippen LogP contribution >= 0.6 is 11.3 Å². The molecule has 4 N–H and O–H groups in total. The molecule has 0 amide bonds. The normalized spacial score (nSPS) is 13.0. The summed E-state index contributed by atoms with van der Waals surface area (Å²) in [6.45, 7) is -0.0998. The molecule has 0 bridgehead atoms. The minimum Gasteiger partial charge on any atom is -0.394 e. The third-order valence-electron chi connectivity index (χ3n) is 1.93. The summed E-state index contributed by atoms with van der Waals surface area (Å²) in [5.41, 5.74) is 6.56. The number of H-pyrrole nitrogens is 1. The molecule has 0 aromatic carbocycles. The minimum absolute atomic E-state index is 0.0998. The summed E-state index contributed by atoms with van der Waals surface area (Å²) in [6, 6.07) is 3.56. The topological polar surface area (TPSA) is 74.9 Å². The van der Waals surface area contributed by atoms with Crippen molar-refractivity contribution < 1.29 is 5.11 Å². The van der Waals surface area contributed by atoms with Crippen LogP contribution in [0.5, 0.6) is 0 Å². The van der Waals surface area contributed by atoms with Gasteiger partial charge in [0.15, 0.2) is 0 Å². The molecule has 0 fully saturated rings. The van der Waals surface area contributed by atoms with Gasteiger partial charge < -0.3 is 15.8 Å². The molecule has 1 unspecified atom stereocenters. The van der Waals surface area contributed by atoms with Gasteiger partial charge in [0.25, 0.3) is 0 Å². The second kappa shape index (κ2) is 3.91. The molecule has 74 valence electrons. The van der Waals surface area contributed by atoms with Gasteiger partial charge in [0.05, 0.1) is 29.4 Å². The first-order chi connectivity index (χ1) is 6.81. The van der Waals surface area contributed by atoms with Gasteiger partial charge >= 0.3 is 0 Å². The van der Waals surface area contributed by atoms with E-state index in [2.05, 4.69) is 9.97 Å². The van der Waals surface area contributed by atoms with Crippen molar-refractivity contribution in [1.82, 2.24) is 9.97 Å². The van der Waals surface area contributed by atoms with E-state index >= 15 is 0 Å². The highest BCUT2D eigenvalue weighted by molar-refractivity contribution is 7.13. The predicted molar refractivity (Wildman–Crippen MR) is 55.9 cm³/mol. The second-order valence-corrected chi connectivity index (χ2v) is 3.90. The van der Waals surface area contributed by atoms with E-state index in [1.165, 1.54) is 0 Å². The van der Waals surface area contributed by atoms with Crippen LogP contribution in [0, 0.1) is 0 Å². The summed E-state index contributed by atoms with van der Waals surface area (Å²) in [5.74, 6) is 0.621. The maximum absolute atomic E-state index is 8.85. The molecule has 2 rings (SSSR count). The van der Waals surface area contributed by atoms with E-state index in [1.54, 1.807) is 17.5 Å². The van der Waals surface area contributed by atoms with Gasteiger partial charge in [0, 0.05) is 0 Å². The fourth-order valence-corrected chi connectivity index (χ4v) is 1.86. The molecule has 2 aromatic heterocycles. The number of nitrogens with two attached hydrogens (primary N) is 1. The van der Waals surface area contributed by atoms with Crippen LogP contribution in [0.15, 0.2) is 23.7 Å². The van der Waals surface area contributed by atoms with Crippen LogP contribution in [0.4, 0.5) is 0 Å². The highest BCUT2D eigenvalue weighted by Crippen LogP contribution is 2.23. The summed E-state index contributed by atoms with van der Waals surface area (Å²) in [7, 11) is 0. The van der Waals surface area contributed by atoms with E-state index in [0.717, 1.165) is 10.6 Å². The van der Waals surface area contributed by atoms with E-state index in [9.17, 15) is 0 Å². The third-order valence-corrected chi connectivity index (χ3v) is 2.83. The number of nitrogens with zero attached hydrogens (tertiary/aromatic N) is 1. The van der Waals surface area contributed by atoms with Crippen molar-refractivity contribution in [2.45, 2.75) is 6.04 Å². The largest absolute Gasteiger partial charge is 0.394 e. The molecule has 4 nitrogen and oxygen atoms in total. The average Bonchev–Trinajstić information content (AvgIpc) is 2.86. The van der Waals surface area contributed by atoms with Crippen LogP contribution in [0.2, 0.25) is 0 Å². The van der Waals surface area contributed by atoms with Gasteiger partial charge in [-0.1, -0.05) is 6.07 Å². The zero-order chi connectivity index (χ0) is 9.97. The molecule has 1 atom stereocenters. The Morgan fingerprint density at radius 1 is 1.64 bits per heavy atom. The number of aliphatic hydroxyl groups is 1. The third kappa shape index (κ3) is 1.70. The van der Waals surface area contributed by atoms with Crippen molar-refractivity contribution in [2.75, 3.05) is 6.61 Å². The highest BCUT2D eigenvalue weighted by atomic mass is 32.1. The number of rotatable bonds is 3. The standard InChI is InChI=1S/C9H11N3OS/c10-6(5-13)9-11-4-7(12-9)8-2-1-3-14-8/h1-4,6,13H,5,10H2,(H,11,12). The number of hydrogen-bond acceptors (Lipinski definition) is 4. The van der Waals surface area contributed by atoms with E-state index in [1.807, 2.05) is 17.5 Å². The maximum Gasteiger partial charge on any atom is 0.125 e. The summed E-state index contributed by atoms with van der Waals surface area (Å²) in [4.78, 5) is 8.31. The lowest BCUT2D eigenvalue weighted by atomic mass is 10.3. The number of nitrogens with one attached hydrogen (secondary N) is 1. The van der Waals surface area contributed by atoms with Crippen LogP contribution in [-0.4, -0.2) is 21.7 Å². The molecule has 0 aliphatic carbocycles. The number of aliphatic hydroxyl groups excluding tert-OH is 1. The zero-order valence-electron chi connectivity index (χ0n) is 7.47.